The summed E-state index contributed by atoms with van der Waals surface area (Å²) in [6.45, 7) is 7.46. The maximum Gasteiger partial charge on any atom is 0.134 e. The van der Waals surface area contributed by atoms with E-state index < -0.39 is 0 Å². The largest absolute Gasteiger partial charge is 0.497 e. The second-order valence-corrected chi connectivity index (χ2v) is 6.38. The summed E-state index contributed by atoms with van der Waals surface area (Å²) in [4.78, 5) is 6.81. The number of hydrogen-bond donors (Lipinski definition) is 0. The summed E-state index contributed by atoms with van der Waals surface area (Å²) >= 11 is 6.36. The van der Waals surface area contributed by atoms with Gasteiger partial charge in [0.05, 0.1) is 12.6 Å². The minimum Gasteiger partial charge on any atom is -0.497 e. The lowest BCUT2D eigenvalue weighted by Gasteiger charge is -2.35. The first-order valence-electron chi connectivity index (χ1n) is 7.22. The summed E-state index contributed by atoms with van der Waals surface area (Å²) in [5.41, 5.74) is 2.05. The molecule has 1 heterocycles. The fourth-order valence-corrected chi connectivity index (χ4v) is 2.35. The van der Waals surface area contributed by atoms with Gasteiger partial charge < -0.3 is 4.74 Å². The van der Waals surface area contributed by atoms with E-state index in [1.807, 2.05) is 18.2 Å². The summed E-state index contributed by atoms with van der Waals surface area (Å²) in [6, 6.07) is 7.99. The quantitative estimate of drug-likeness (QED) is 0.760. The molecule has 1 aromatic carbocycles. The lowest BCUT2D eigenvalue weighted by molar-refractivity contribution is 0.143. The highest BCUT2D eigenvalue weighted by atomic mass is 35.5. The maximum absolute atomic E-state index is 6.36. The number of nitrogens with zero attached hydrogens (tertiary/aromatic N) is 2. The van der Waals surface area contributed by atoms with Gasteiger partial charge in [0.2, 0.25) is 0 Å². The van der Waals surface area contributed by atoms with E-state index in [0.717, 1.165) is 35.2 Å². The molecule has 0 bridgehead atoms. The van der Waals surface area contributed by atoms with E-state index in [-0.39, 0.29) is 5.54 Å². The number of rotatable bonds is 5. The zero-order valence-electron chi connectivity index (χ0n) is 13.4. The number of aromatic nitrogens is 1. The van der Waals surface area contributed by atoms with Crippen LogP contribution in [0.25, 0.3) is 10.9 Å². The van der Waals surface area contributed by atoms with E-state index in [1.165, 1.54) is 0 Å². The van der Waals surface area contributed by atoms with Gasteiger partial charge in [-0.1, -0.05) is 18.5 Å². The second-order valence-electron chi connectivity index (χ2n) is 6.02. The van der Waals surface area contributed by atoms with Crippen LogP contribution in [0, 0.1) is 0 Å². The SMILES string of the molecule is CCC(C)(C)N(C)Cc1cc2ccc(OC)cc2nc1Cl. The molecule has 0 aliphatic heterocycles. The average molecular weight is 307 g/mol. The van der Waals surface area contributed by atoms with E-state index in [1.54, 1.807) is 7.11 Å². The first-order valence-corrected chi connectivity index (χ1v) is 7.59. The Balaban J connectivity index is 2.35. The molecule has 1 aromatic heterocycles. The highest BCUT2D eigenvalue weighted by Gasteiger charge is 2.22. The summed E-state index contributed by atoms with van der Waals surface area (Å²) < 4.78 is 5.22. The van der Waals surface area contributed by atoms with Gasteiger partial charge in [-0.05, 0) is 45.5 Å². The Hall–Kier alpha value is -1.32. The Morgan fingerprint density at radius 3 is 2.62 bits per heavy atom. The van der Waals surface area contributed by atoms with Gasteiger partial charge in [0.15, 0.2) is 0 Å². The summed E-state index contributed by atoms with van der Waals surface area (Å²) in [5.74, 6) is 0.794. The van der Waals surface area contributed by atoms with Gasteiger partial charge in [0, 0.05) is 29.1 Å². The van der Waals surface area contributed by atoms with Crippen LogP contribution in [-0.4, -0.2) is 29.6 Å². The first kappa shape index (κ1) is 16.1. The number of benzene rings is 1. The van der Waals surface area contributed by atoms with Crippen molar-refractivity contribution in [1.29, 1.82) is 0 Å². The number of fused-ring (bicyclic) bond motifs is 1. The fourth-order valence-electron chi connectivity index (χ4n) is 2.14. The standard InChI is InChI=1S/C17H23ClN2O/c1-6-17(2,3)20(4)11-13-9-12-7-8-14(21-5)10-15(12)19-16(13)18/h7-10H,6,11H2,1-5H3. The Labute approximate surface area is 131 Å². The van der Waals surface area contributed by atoms with Gasteiger partial charge in [-0.3, -0.25) is 4.90 Å². The fraction of sp³-hybridized carbons (Fsp3) is 0.471. The predicted octanol–water partition coefficient (Wildman–Crippen LogP) is 4.52. The molecule has 2 rings (SSSR count). The van der Waals surface area contributed by atoms with E-state index in [4.69, 9.17) is 16.3 Å². The highest BCUT2D eigenvalue weighted by Crippen LogP contribution is 2.27. The summed E-state index contributed by atoms with van der Waals surface area (Å²) in [5, 5.41) is 1.65. The van der Waals surface area contributed by atoms with Gasteiger partial charge in [0.1, 0.15) is 10.9 Å². The third-order valence-corrected chi connectivity index (χ3v) is 4.68. The molecule has 0 saturated carbocycles. The van der Waals surface area contributed by atoms with E-state index in [0.29, 0.717) is 5.15 Å². The molecule has 0 saturated heterocycles. The molecule has 0 N–H and O–H groups in total. The molecule has 0 fully saturated rings. The minimum atomic E-state index is 0.137. The molecular formula is C17H23ClN2O. The maximum atomic E-state index is 6.36. The Morgan fingerprint density at radius 1 is 1.29 bits per heavy atom. The molecule has 4 heteroatoms. The Morgan fingerprint density at radius 2 is 2.00 bits per heavy atom. The number of hydrogen-bond acceptors (Lipinski definition) is 3. The van der Waals surface area contributed by atoms with Crippen molar-refractivity contribution < 1.29 is 4.74 Å². The van der Waals surface area contributed by atoms with Crippen molar-refractivity contribution in [2.24, 2.45) is 0 Å². The predicted molar refractivity (Wildman–Crippen MR) is 89.1 cm³/mol. The smallest absolute Gasteiger partial charge is 0.134 e. The van der Waals surface area contributed by atoms with Gasteiger partial charge in [-0.15, -0.1) is 0 Å². The second kappa shape index (κ2) is 6.20. The molecule has 0 aliphatic carbocycles. The van der Waals surface area contributed by atoms with Crippen LogP contribution in [0.3, 0.4) is 0 Å². The van der Waals surface area contributed by atoms with Crippen LogP contribution in [0.15, 0.2) is 24.3 Å². The van der Waals surface area contributed by atoms with E-state index in [9.17, 15) is 0 Å². The zero-order chi connectivity index (χ0) is 15.6. The molecule has 3 nitrogen and oxygen atoms in total. The topological polar surface area (TPSA) is 25.4 Å². The van der Waals surface area contributed by atoms with Crippen molar-refractivity contribution in [1.82, 2.24) is 9.88 Å². The molecule has 0 unspecified atom stereocenters. The third-order valence-electron chi connectivity index (χ3n) is 4.36. The van der Waals surface area contributed by atoms with Gasteiger partial charge in [0.25, 0.3) is 0 Å². The Bertz CT molecular complexity index is 640. The van der Waals surface area contributed by atoms with Crippen LogP contribution in [-0.2, 0) is 6.54 Å². The monoisotopic (exact) mass is 306 g/mol. The van der Waals surface area contributed by atoms with Gasteiger partial charge in [-0.2, -0.15) is 0 Å². The number of methoxy groups -OCH3 is 1. The Kier molecular flexibility index (Phi) is 4.74. The summed E-state index contributed by atoms with van der Waals surface area (Å²) in [7, 11) is 3.77. The van der Waals surface area contributed by atoms with Crippen LogP contribution in [0.1, 0.15) is 32.8 Å². The van der Waals surface area contributed by atoms with Crippen LogP contribution in [0.5, 0.6) is 5.75 Å². The molecule has 0 amide bonds. The summed E-state index contributed by atoms with van der Waals surface area (Å²) in [6.07, 6.45) is 1.08. The number of halogens is 1. The van der Waals surface area contributed by atoms with Crippen molar-refractivity contribution >= 4 is 22.5 Å². The highest BCUT2D eigenvalue weighted by molar-refractivity contribution is 6.30. The molecule has 114 valence electrons. The first-order chi connectivity index (χ1) is 9.87. The zero-order valence-corrected chi connectivity index (χ0v) is 14.2. The van der Waals surface area contributed by atoms with Crippen molar-refractivity contribution in [3.63, 3.8) is 0 Å². The molecule has 21 heavy (non-hydrogen) atoms. The van der Waals surface area contributed by atoms with Crippen molar-refractivity contribution in [2.45, 2.75) is 39.3 Å². The third kappa shape index (κ3) is 3.47. The van der Waals surface area contributed by atoms with Gasteiger partial charge >= 0.3 is 0 Å². The average Bonchev–Trinajstić information content (AvgIpc) is 2.47. The number of ether oxygens (including phenoxy) is 1. The molecule has 0 aliphatic rings. The van der Waals surface area contributed by atoms with Crippen molar-refractivity contribution in [3.05, 3.63) is 35.0 Å². The van der Waals surface area contributed by atoms with Crippen LogP contribution >= 0.6 is 11.6 Å². The van der Waals surface area contributed by atoms with Crippen LogP contribution in [0.2, 0.25) is 5.15 Å². The number of pyridine rings is 1. The van der Waals surface area contributed by atoms with Crippen molar-refractivity contribution in [2.75, 3.05) is 14.2 Å². The normalized spacial score (nSPS) is 12.1. The molecule has 0 spiro atoms. The molecule has 0 atom stereocenters. The van der Waals surface area contributed by atoms with E-state index in [2.05, 4.69) is 43.8 Å². The molecule has 0 radical (unpaired) electrons. The lowest BCUT2D eigenvalue weighted by Crippen LogP contribution is -2.39. The van der Waals surface area contributed by atoms with Crippen LogP contribution in [0.4, 0.5) is 0 Å². The van der Waals surface area contributed by atoms with Gasteiger partial charge in [-0.25, -0.2) is 4.98 Å². The molecule has 2 aromatic rings. The lowest BCUT2D eigenvalue weighted by atomic mass is 9.99. The van der Waals surface area contributed by atoms with Crippen molar-refractivity contribution in [3.8, 4) is 5.75 Å². The van der Waals surface area contributed by atoms with E-state index >= 15 is 0 Å². The minimum absolute atomic E-state index is 0.137. The molecular weight excluding hydrogens is 284 g/mol. The van der Waals surface area contributed by atoms with Crippen LogP contribution < -0.4 is 4.74 Å².